The Morgan fingerprint density at radius 1 is 1.18 bits per heavy atom. The molecule has 1 saturated heterocycles. The highest BCUT2D eigenvalue weighted by atomic mass is 32.2. The number of ether oxygens (including phenoxy) is 1. The smallest absolute Gasteiger partial charge is 0.280 e. The summed E-state index contributed by atoms with van der Waals surface area (Å²) in [5.74, 6) is -0.967. The number of halogens is 1. The number of hydrogen-bond acceptors (Lipinski definition) is 8. The third kappa shape index (κ3) is 4.75. The number of sulfone groups is 1. The monoisotopic (exact) mass is 489 g/mol. The summed E-state index contributed by atoms with van der Waals surface area (Å²) in [7, 11) is -3.35. The first-order chi connectivity index (χ1) is 15.9. The average molecular weight is 490 g/mol. The standard InChI is InChI=1S/C22H20FN3O5S2/c23-14-3-8-18-19(11-14)32-22(24-18)25-21(27)20(26-31-15-9-10-30-12-15)13-1-4-16(5-2-13)33(28,29)17-6-7-17/h1-5,8,11,15,17H,6-7,9-10,12H2,(H,24,25,27)/t15-/m1/s1. The molecule has 1 aliphatic carbocycles. The molecule has 0 spiro atoms. The highest BCUT2D eigenvalue weighted by Crippen LogP contribution is 2.33. The zero-order valence-corrected chi connectivity index (χ0v) is 19.0. The van der Waals surface area contributed by atoms with Crippen LogP contribution < -0.4 is 5.32 Å². The molecule has 5 rings (SSSR count). The lowest BCUT2D eigenvalue weighted by atomic mass is 10.1. The number of oxime groups is 1. The number of nitrogens with zero attached hydrogens (tertiary/aromatic N) is 2. The lowest BCUT2D eigenvalue weighted by Crippen LogP contribution is -2.25. The lowest BCUT2D eigenvalue weighted by molar-refractivity contribution is -0.110. The van der Waals surface area contributed by atoms with E-state index in [1.807, 2.05) is 0 Å². The fourth-order valence-electron chi connectivity index (χ4n) is 3.43. The van der Waals surface area contributed by atoms with Crippen LogP contribution in [0.1, 0.15) is 24.8 Å². The van der Waals surface area contributed by atoms with Crippen LogP contribution in [0.15, 0.2) is 52.5 Å². The van der Waals surface area contributed by atoms with E-state index in [4.69, 9.17) is 9.57 Å². The highest BCUT2D eigenvalue weighted by Gasteiger charge is 2.36. The zero-order chi connectivity index (χ0) is 23.0. The van der Waals surface area contributed by atoms with Crippen LogP contribution in [0, 0.1) is 5.82 Å². The van der Waals surface area contributed by atoms with Gasteiger partial charge in [0, 0.05) is 12.0 Å². The molecule has 2 aliphatic rings. The van der Waals surface area contributed by atoms with Gasteiger partial charge in [-0.1, -0.05) is 28.6 Å². The SMILES string of the molecule is O=C(Nc1nc2ccc(F)cc2s1)C(=NO[C@@H]1CCOC1)c1ccc(S(=O)(=O)C2CC2)cc1. The molecule has 1 atom stereocenters. The van der Waals surface area contributed by atoms with Crippen LogP contribution in [0.2, 0.25) is 0 Å². The Hall–Kier alpha value is -2.89. The largest absolute Gasteiger partial charge is 0.389 e. The molecule has 8 nitrogen and oxygen atoms in total. The molecule has 0 radical (unpaired) electrons. The Balaban J connectivity index is 1.41. The number of anilines is 1. The van der Waals surface area contributed by atoms with Crippen molar-refractivity contribution in [2.45, 2.75) is 35.5 Å². The average Bonchev–Trinajstić information content (AvgIpc) is 3.40. The second-order valence-corrected chi connectivity index (χ2v) is 11.1. The van der Waals surface area contributed by atoms with Gasteiger partial charge in [-0.05, 0) is 43.2 Å². The van der Waals surface area contributed by atoms with Gasteiger partial charge >= 0.3 is 0 Å². The third-order valence-corrected chi connectivity index (χ3v) is 8.60. The maximum atomic E-state index is 13.5. The fourth-order valence-corrected chi connectivity index (χ4v) is 5.97. The van der Waals surface area contributed by atoms with E-state index < -0.39 is 15.7 Å². The van der Waals surface area contributed by atoms with Crippen molar-refractivity contribution in [3.63, 3.8) is 0 Å². The molecule has 2 heterocycles. The normalized spacial score (nSPS) is 19.1. The number of rotatable bonds is 7. The first-order valence-electron chi connectivity index (χ1n) is 10.4. The number of aromatic nitrogens is 1. The Labute approximate surface area is 193 Å². The third-order valence-electron chi connectivity index (χ3n) is 5.39. The molecule has 0 bridgehead atoms. The van der Waals surface area contributed by atoms with Crippen molar-refractivity contribution in [3.8, 4) is 0 Å². The second kappa shape index (κ2) is 8.81. The summed E-state index contributed by atoms with van der Waals surface area (Å²) in [6.45, 7) is 0.929. The van der Waals surface area contributed by atoms with E-state index >= 15 is 0 Å². The maximum absolute atomic E-state index is 13.5. The highest BCUT2D eigenvalue weighted by molar-refractivity contribution is 7.92. The number of fused-ring (bicyclic) bond motifs is 1. The number of nitrogens with one attached hydrogen (secondary N) is 1. The van der Waals surface area contributed by atoms with Gasteiger partial charge in [-0.25, -0.2) is 17.8 Å². The van der Waals surface area contributed by atoms with Crippen molar-refractivity contribution < 1.29 is 27.2 Å². The van der Waals surface area contributed by atoms with Gasteiger partial charge in [-0.15, -0.1) is 0 Å². The predicted molar refractivity (Wildman–Crippen MR) is 122 cm³/mol. The van der Waals surface area contributed by atoms with Crippen molar-refractivity contribution >= 4 is 48.1 Å². The maximum Gasteiger partial charge on any atom is 0.280 e. The van der Waals surface area contributed by atoms with Crippen LogP contribution in [0.25, 0.3) is 10.2 Å². The molecule has 172 valence electrons. The van der Waals surface area contributed by atoms with Gasteiger partial charge in [0.25, 0.3) is 5.91 Å². The van der Waals surface area contributed by atoms with Gasteiger partial charge in [-0.3, -0.25) is 10.1 Å². The molecule has 1 aliphatic heterocycles. The molecule has 1 amide bonds. The van der Waals surface area contributed by atoms with Gasteiger partial charge in [0.05, 0.1) is 33.6 Å². The summed E-state index contributed by atoms with van der Waals surface area (Å²) in [5, 5.41) is 6.71. The quantitative estimate of drug-likeness (QED) is 0.402. The Kier molecular flexibility index (Phi) is 5.85. The van der Waals surface area contributed by atoms with Crippen molar-refractivity contribution in [1.82, 2.24) is 4.98 Å². The minimum absolute atomic E-state index is 0.0253. The van der Waals surface area contributed by atoms with Crippen LogP contribution in [0.5, 0.6) is 0 Å². The molecular formula is C22H20FN3O5S2. The van der Waals surface area contributed by atoms with Gasteiger partial charge in [0.2, 0.25) is 0 Å². The van der Waals surface area contributed by atoms with Crippen molar-refractivity contribution in [2.75, 3.05) is 18.5 Å². The fraction of sp³-hybridized carbons (Fsp3) is 0.318. The Bertz CT molecular complexity index is 1330. The van der Waals surface area contributed by atoms with Crippen LogP contribution >= 0.6 is 11.3 Å². The summed E-state index contributed by atoms with van der Waals surface area (Å²) >= 11 is 1.13. The van der Waals surface area contributed by atoms with Gasteiger partial charge in [-0.2, -0.15) is 0 Å². The van der Waals surface area contributed by atoms with E-state index in [9.17, 15) is 17.6 Å². The van der Waals surface area contributed by atoms with E-state index in [2.05, 4.69) is 15.5 Å². The van der Waals surface area contributed by atoms with Crippen LogP contribution in [0.4, 0.5) is 9.52 Å². The molecule has 3 aromatic rings. The molecule has 1 saturated carbocycles. The van der Waals surface area contributed by atoms with Crippen molar-refractivity contribution in [3.05, 3.63) is 53.8 Å². The zero-order valence-electron chi connectivity index (χ0n) is 17.4. The Morgan fingerprint density at radius 3 is 2.67 bits per heavy atom. The minimum atomic E-state index is -3.35. The Morgan fingerprint density at radius 2 is 1.97 bits per heavy atom. The van der Waals surface area contributed by atoms with E-state index in [-0.39, 0.29) is 32.9 Å². The summed E-state index contributed by atoms with van der Waals surface area (Å²) in [4.78, 5) is 23.1. The lowest BCUT2D eigenvalue weighted by Gasteiger charge is -2.10. The predicted octanol–water partition coefficient (Wildman–Crippen LogP) is 3.52. The molecule has 1 N–H and O–H groups in total. The molecule has 11 heteroatoms. The summed E-state index contributed by atoms with van der Waals surface area (Å²) in [5.41, 5.74) is 0.931. The van der Waals surface area contributed by atoms with Crippen molar-refractivity contribution in [2.24, 2.45) is 5.16 Å². The minimum Gasteiger partial charge on any atom is -0.389 e. The molecule has 33 heavy (non-hydrogen) atoms. The van der Waals surface area contributed by atoms with Crippen LogP contribution in [-0.4, -0.2) is 49.6 Å². The molecule has 2 aromatic carbocycles. The number of carbonyl (C=O) groups excluding carboxylic acids is 1. The van der Waals surface area contributed by atoms with E-state index in [0.717, 1.165) is 11.3 Å². The molecular weight excluding hydrogens is 469 g/mol. The molecule has 2 fully saturated rings. The molecule has 1 aromatic heterocycles. The van der Waals surface area contributed by atoms with Crippen LogP contribution in [0.3, 0.4) is 0 Å². The first kappa shape index (κ1) is 21.9. The number of amides is 1. The summed E-state index contributed by atoms with van der Waals surface area (Å²) in [6, 6.07) is 10.2. The van der Waals surface area contributed by atoms with E-state index in [0.29, 0.717) is 48.3 Å². The number of thiazole rings is 1. The summed E-state index contributed by atoms with van der Waals surface area (Å²) in [6.07, 6.45) is 1.72. The van der Waals surface area contributed by atoms with Crippen molar-refractivity contribution in [1.29, 1.82) is 0 Å². The van der Waals surface area contributed by atoms with Crippen LogP contribution in [-0.2, 0) is 24.2 Å². The number of carbonyl (C=O) groups is 1. The number of benzene rings is 2. The number of hydrogen-bond donors (Lipinski definition) is 1. The van der Waals surface area contributed by atoms with Gasteiger partial charge in [0.15, 0.2) is 26.8 Å². The van der Waals surface area contributed by atoms with E-state index in [1.54, 1.807) is 0 Å². The first-order valence-corrected chi connectivity index (χ1v) is 12.8. The second-order valence-electron chi connectivity index (χ2n) is 7.88. The topological polar surface area (TPSA) is 107 Å². The van der Waals surface area contributed by atoms with Gasteiger partial charge < -0.3 is 9.57 Å². The molecule has 0 unspecified atom stereocenters. The van der Waals surface area contributed by atoms with Gasteiger partial charge in [0.1, 0.15) is 5.82 Å². The summed E-state index contributed by atoms with van der Waals surface area (Å²) < 4.78 is 44.3. The van der Waals surface area contributed by atoms with E-state index in [1.165, 1.54) is 42.5 Å².